The molecular formula is C10H11N5O3. The second-order valence-electron chi connectivity index (χ2n) is 3.47. The van der Waals surface area contributed by atoms with Crippen LogP contribution < -0.4 is 4.74 Å². The molecule has 8 nitrogen and oxygen atoms in total. The number of nitriles is 1. The first-order chi connectivity index (χ1) is 8.49. The zero-order chi connectivity index (χ0) is 13.7. The standard InChI is InChI=1S/C10H11N5O3/c1-14(2)6-12-9-8(15(16)17)4-7(5-11)10(13-9)18-3/h4,6H,1-3H3/b12-6+. The van der Waals surface area contributed by atoms with Gasteiger partial charge in [0.15, 0.2) is 0 Å². The predicted octanol–water partition coefficient (Wildman–Crippen LogP) is 1.09. The minimum Gasteiger partial charge on any atom is -0.480 e. The Balaban J connectivity index is 3.39. The number of ether oxygens (including phenoxy) is 1. The average molecular weight is 249 g/mol. The van der Waals surface area contributed by atoms with Gasteiger partial charge >= 0.3 is 5.69 Å². The van der Waals surface area contributed by atoms with Gasteiger partial charge in [-0.25, -0.2) is 4.99 Å². The summed E-state index contributed by atoms with van der Waals surface area (Å²) >= 11 is 0. The SMILES string of the molecule is COc1nc(/N=C/N(C)C)c([N+](=O)[O-])cc1C#N. The summed E-state index contributed by atoms with van der Waals surface area (Å²) < 4.78 is 4.87. The number of rotatable bonds is 4. The molecule has 0 aliphatic carbocycles. The van der Waals surface area contributed by atoms with Crippen LogP contribution in [0.2, 0.25) is 0 Å². The van der Waals surface area contributed by atoms with Gasteiger partial charge in [-0.1, -0.05) is 0 Å². The Morgan fingerprint density at radius 3 is 2.78 bits per heavy atom. The van der Waals surface area contributed by atoms with Crippen molar-refractivity contribution in [3.63, 3.8) is 0 Å². The summed E-state index contributed by atoms with van der Waals surface area (Å²) in [6, 6.07) is 2.87. The maximum atomic E-state index is 10.9. The normalized spacial score (nSPS) is 10.1. The molecule has 1 heterocycles. The smallest absolute Gasteiger partial charge is 0.315 e. The highest BCUT2D eigenvalue weighted by molar-refractivity contribution is 5.66. The quantitative estimate of drug-likeness (QED) is 0.342. The highest BCUT2D eigenvalue weighted by Crippen LogP contribution is 2.30. The molecular weight excluding hydrogens is 238 g/mol. The van der Waals surface area contributed by atoms with Crippen LogP contribution in [0, 0.1) is 21.4 Å². The first-order valence-corrected chi connectivity index (χ1v) is 4.83. The maximum Gasteiger partial charge on any atom is 0.315 e. The fourth-order valence-electron chi connectivity index (χ4n) is 1.11. The fourth-order valence-corrected chi connectivity index (χ4v) is 1.11. The molecule has 0 bridgehead atoms. The Morgan fingerprint density at radius 1 is 1.67 bits per heavy atom. The summed E-state index contributed by atoms with van der Waals surface area (Å²) in [7, 11) is 4.76. The monoisotopic (exact) mass is 249 g/mol. The van der Waals surface area contributed by atoms with Gasteiger partial charge in [-0.15, -0.1) is 0 Å². The largest absolute Gasteiger partial charge is 0.480 e. The number of hydrogen-bond donors (Lipinski definition) is 0. The molecule has 0 saturated carbocycles. The summed E-state index contributed by atoms with van der Waals surface area (Å²) in [5.41, 5.74) is -0.349. The number of aliphatic imine (C=N–C) groups is 1. The van der Waals surface area contributed by atoms with Gasteiger partial charge in [-0.05, 0) is 0 Å². The number of nitrogens with zero attached hydrogens (tertiary/aromatic N) is 5. The van der Waals surface area contributed by atoms with Crippen LogP contribution in [-0.2, 0) is 0 Å². The molecule has 1 aromatic rings. The van der Waals surface area contributed by atoms with Crippen molar-refractivity contribution in [2.24, 2.45) is 4.99 Å². The maximum absolute atomic E-state index is 10.9. The van der Waals surface area contributed by atoms with E-state index in [0.29, 0.717) is 0 Å². The lowest BCUT2D eigenvalue weighted by molar-refractivity contribution is -0.384. The first-order valence-electron chi connectivity index (χ1n) is 4.83. The van der Waals surface area contributed by atoms with Crippen LogP contribution in [0.15, 0.2) is 11.1 Å². The van der Waals surface area contributed by atoms with Crippen molar-refractivity contribution in [1.29, 1.82) is 5.26 Å². The summed E-state index contributed by atoms with van der Waals surface area (Å²) in [5.74, 6) is -0.0986. The Bertz CT molecular complexity index is 533. The number of hydrogen-bond acceptors (Lipinski definition) is 6. The third-order valence-electron chi connectivity index (χ3n) is 1.87. The van der Waals surface area contributed by atoms with Crippen molar-refractivity contribution < 1.29 is 9.66 Å². The predicted molar refractivity (Wildman–Crippen MR) is 64.0 cm³/mol. The molecule has 0 unspecified atom stereocenters. The van der Waals surface area contributed by atoms with E-state index < -0.39 is 4.92 Å². The molecule has 8 heteroatoms. The molecule has 0 saturated heterocycles. The van der Waals surface area contributed by atoms with Gasteiger partial charge in [-0.3, -0.25) is 10.1 Å². The minimum atomic E-state index is -0.643. The van der Waals surface area contributed by atoms with Gasteiger partial charge in [0.05, 0.1) is 18.4 Å². The summed E-state index contributed by atoms with van der Waals surface area (Å²) in [6.45, 7) is 0. The molecule has 94 valence electrons. The van der Waals surface area contributed by atoms with E-state index >= 15 is 0 Å². The van der Waals surface area contributed by atoms with Crippen LogP contribution in [0.5, 0.6) is 5.88 Å². The molecule has 1 aromatic heterocycles. The lowest BCUT2D eigenvalue weighted by Gasteiger charge is -2.05. The lowest BCUT2D eigenvalue weighted by atomic mass is 10.2. The van der Waals surface area contributed by atoms with Gasteiger partial charge in [-0.2, -0.15) is 10.2 Å². The van der Waals surface area contributed by atoms with Crippen LogP contribution in [0.1, 0.15) is 5.56 Å². The zero-order valence-corrected chi connectivity index (χ0v) is 10.1. The van der Waals surface area contributed by atoms with Gasteiger partial charge in [0.1, 0.15) is 11.6 Å². The van der Waals surface area contributed by atoms with E-state index in [4.69, 9.17) is 10.00 Å². The van der Waals surface area contributed by atoms with Crippen LogP contribution in [0.4, 0.5) is 11.5 Å². The Labute approximate surface area is 103 Å². The number of methoxy groups -OCH3 is 1. The fraction of sp³-hybridized carbons (Fsp3) is 0.300. The van der Waals surface area contributed by atoms with Crippen molar-refractivity contribution in [3.8, 4) is 11.9 Å². The molecule has 18 heavy (non-hydrogen) atoms. The minimum absolute atomic E-state index is 0.00648. The summed E-state index contributed by atoms with van der Waals surface area (Å²) in [6.07, 6.45) is 1.38. The van der Waals surface area contributed by atoms with Gasteiger partial charge in [0.2, 0.25) is 11.7 Å². The highest BCUT2D eigenvalue weighted by Gasteiger charge is 2.20. The van der Waals surface area contributed by atoms with E-state index in [0.717, 1.165) is 6.07 Å². The van der Waals surface area contributed by atoms with E-state index in [-0.39, 0.29) is 22.9 Å². The van der Waals surface area contributed by atoms with Crippen LogP contribution >= 0.6 is 0 Å². The summed E-state index contributed by atoms with van der Waals surface area (Å²) in [4.78, 5) is 19.5. The molecule has 1 rings (SSSR count). The zero-order valence-electron chi connectivity index (χ0n) is 10.1. The van der Waals surface area contributed by atoms with Gasteiger partial charge < -0.3 is 9.64 Å². The molecule has 0 amide bonds. The van der Waals surface area contributed by atoms with E-state index in [9.17, 15) is 10.1 Å². The van der Waals surface area contributed by atoms with Crippen molar-refractivity contribution in [1.82, 2.24) is 9.88 Å². The van der Waals surface area contributed by atoms with E-state index in [1.54, 1.807) is 25.1 Å². The van der Waals surface area contributed by atoms with Gasteiger partial charge in [0.25, 0.3) is 0 Å². The molecule has 0 aromatic carbocycles. The second kappa shape index (κ2) is 5.58. The lowest BCUT2D eigenvalue weighted by Crippen LogP contribution is -2.07. The Hall–Kier alpha value is -2.69. The topological polar surface area (TPSA) is 105 Å². The van der Waals surface area contributed by atoms with E-state index in [2.05, 4.69) is 9.98 Å². The Morgan fingerprint density at radius 2 is 2.33 bits per heavy atom. The third-order valence-corrected chi connectivity index (χ3v) is 1.87. The summed E-state index contributed by atoms with van der Waals surface area (Å²) in [5, 5.41) is 19.7. The molecule has 0 aliphatic heterocycles. The molecule has 0 radical (unpaired) electrons. The molecule has 0 N–H and O–H groups in total. The van der Waals surface area contributed by atoms with Crippen LogP contribution in [0.3, 0.4) is 0 Å². The third kappa shape index (κ3) is 2.91. The highest BCUT2D eigenvalue weighted by atomic mass is 16.6. The van der Waals surface area contributed by atoms with E-state index in [1.807, 2.05) is 0 Å². The van der Waals surface area contributed by atoms with Gasteiger partial charge in [0, 0.05) is 20.2 Å². The Kier molecular flexibility index (Phi) is 4.15. The van der Waals surface area contributed by atoms with Crippen molar-refractivity contribution >= 4 is 17.8 Å². The van der Waals surface area contributed by atoms with Crippen molar-refractivity contribution in [2.75, 3.05) is 21.2 Å². The van der Waals surface area contributed by atoms with Crippen molar-refractivity contribution in [2.45, 2.75) is 0 Å². The average Bonchev–Trinajstić information content (AvgIpc) is 2.34. The van der Waals surface area contributed by atoms with Crippen LogP contribution in [0.25, 0.3) is 0 Å². The molecule has 0 aliphatic rings. The van der Waals surface area contributed by atoms with Crippen LogP contribution in [-0.4, -0.2) is 42.4 Å². The second-order valence-corrected chi connectivity index (χ2v) is 3.47. The number of nitro groups is 1. The number of pyridine rings is 1. The molecule has 0 atom stereocenters. The first kappa shape index (κ1) is 13.4. The van der Waals surface area contributed by atoms with E-state index in [1.165, 1.54) is 13.4 Å². The molecule has 0 spiro atoms. The van der Waals surface area contributed by atoms with Crippen molar-refractivity contribution in [3.05, 3.63) is 21.7 Å². The number of aromatic nitrogens is 1. The molecule has 0 fully saturated rings.